The topological polar surface area (TPSA) is 20.3 Å². The largest absolute Gasteiger partial charge is 0.281 e. The van der Waals surface area contributed by atoms with E-state index in [-0.39, 0.29) is 11.8 Å². The normalized spacial score (nSPS) is 11.7. The third-order valence-corrected chi connectivity index (χ3v) is 3.19. The van der Waals surface area contributed by atoms with Crippen LogP contribution in [0.1, 0.15) is 13.3 Å². The molecule has 20 heavy (non-hydrogen) atoms. The maximum atomic E-state index is 12.7. The fourth-order valence-corrected chi connectivity index (χ4v) is 2.13. The van der Waals surface area contributed by atoms with Gasteiger partial charge in [0.1, 0.15) is 0 Å². The SMILES string of the molecule is C=CCC(C)C(=O)N(c1ccccc1)c1ccccc1. The predicted octanol–water partition coefficient (Wildman–Crippen LogP) is 4.56. The lowest BCUT2D eigenvalue weighted by Crippen LogP contribution is -2.30. The summed E-state index contributed by atoms with van der Waals surface area (Å²) in [6.45, 7) is 5.65. The maximum absolute atomic E-state index is 12.7. The van der Waals surface area contributed by atoms with Crippen LogP contribution in [0.3, 0.4) is 0 Å². The molecule has 2 rings (SSSR count). The Labute approximate surface area is 120 Å². The maximum Gasteiger partial charge on any atom is 0.234 e. The van der Waals surface area contributed by atoms with Gasteiger partial charge in [-0.3, -0.25) is 9.69 Å². The molecule has 2 aromatic carbocycles. The van der Waals surface area contributed by atoms with Gasteiger partial charge in [0.05, 0.1) is 0 Å². The standard InChI is InChI=1S/C18H19NO/c1-3-10-15(2)18(20)19(16-11-6-4-7-12-16)17-13-8-5-9-14-17/h3-9,11-15H,1,10H2,2H3. The summed E-state index contributed by atoms with van der Waals surface area (Å²) in [7, 11) is 0. The Balaban J connectivity index is 2.40. The number of amides is 1. The fourth-order valence-electron chi connectivity index (χ4n) is 2.13. The van der Waals surface area contributed by atoms with Gasteiger partial charge in [-0.1, -0.05) is 49.4 Å². The minimum absolute atomic E-state index is 0.0855. The second-order valence-electron chi connectivity index (χ2n) is 4.77. The molecular weight excluding hydrogens is 246 g/mol. The van der Waals surface area contributed by atoms with E-state index in [2.05, 4.69) is 6.58 Å². The van der Waals surface area contributed by atoms with Gasteiger partial charge in [0, 0.05) is 17.3 Å². The molecule has 2 heteroatoms. The zero-order valence-corrected chi connectivity index (χ0v) is 11.7. The van der Waals surface area contributed by atoms with Crippen molar-refractivity contribution in [1.29, 1.82) is 0 Å². The molecule has 0 spiro atoms. The number of anilines is 2. The minimum Gasteiger partial charge on any atom is -0.281 e. The highest BCUT2D eigenvalue weighted by Crippen LogP contribution is 2.27. The fraction of sp³-hybridized carbons (Fsp3) is 0.167. The van der Waals surface area contributed by atoms with Crippen LogP contribution in [0.2, 0.25) is 0 Å². The van der Waals surface area contributed by atoms with Crippen molar-refractivity contribution in [1.82, 2.24) is 0 Å². The molecule has 0 bridgehead atoms. The molecule has 0 aliphatic heterocycles. The Kier molecular flexibility index (Phi) is 4.72. The van der Waals surface area contributed by atoms with Gasteiger partial charge >= 0.3 is 0 Å². The molecule has 1 unspecified atom stereocenters. The summed E-state index contributed by atoms with van der Waals surface area (Å²) in [5.41, 5.74) is 1.78. The number of allylic oxidation sites excluding steroid dienone is 1. The second-order valence-corrected chi connectivity index (χ2v) is 4.77. The van der Waals surface area contributed by atoms with Crippen LogP contribution < -0.4 is 4.90 Å². The van der Waals surface area contributed by atoms with Gasteiger partial charge in [0.15, 0.2) is 0 Å². The number of carbonyl (C=O) groups excluding carboxylic acids is 1. The molecule has 102 valence electrons. The van der Waals surface area contributed by atoms with Gasteiger partial charge in [-0.15, -0.1) is 6.58 Å². The van der Waals surface area contributed by atoms with Gasteiger partial charge in [0.25, 0.3) is 0 Å². The summed E-state index contributed by atoms with van der Waals surface area (Å²) >= 11 is 0. The molecule has 2 aromatic rings. The van der Waals surface area contributed by atoms with Crippen LogP contribution in [0.5, 0.6) is 0 Å². The van der Waals surface area contributed by atoms with E-state index in [1.54, 1.807) is 11.0 Å². The van der Waals surface area contributed by atoms with E-state index in [1.807, 2.05) is 67.6 Å². The highest BCUT2D eigenvalue weighted by Gasteiger charge is 2.22. The lowest BCUT2D eigenvalue weighted by Gasteiger charge is -2.25. The van der Waals surface area contributed by atoms with Crippen LogP contribution in [0.4, 0.5) is 11.4 Å². The molecule has 0 saturated carbocycles. The first-order valence-electron chi connectivity index (χ1n) is 6.79. The van der Waals surface area contributed by atoms with Crippen LogP contribution in [-0.2, 0) is 4.79 Å². The summed E-state index contributed by atoms with van der Waals surface area (Å²) in [4.78, 5) is 14.5. The summed E-state index contributed by atoms with van der Waals surface area (Å²) < 4.78 is 0. The Hall–Kier alpha value is -2.35. The number of benzene rings is 2. The molecule has 0 radical (unpaired) electrons. The number of hydrogen-bond acceptors (Lipinski definition) is 1. The number of para-hydroxylation sites is 2. The number of rotatable bonds is 5. The van der Waals surface area contributed by atoms with Gasteiger partial charge < -0.3 is 0 Å². The summed E-state index contributed by atoms with van der Waals surface area (Å²) in [6.07, 6.45) is 2.46. The molecule has 0 saturated heterocycles. The van der Waals surface area contributed by atoms with Gasteiger partial charge in [-0.2, -0.15) is 0 Å². The van der Waals surface area contributed by atoms with Crippen molar-refractivity contribution in [2.75, 3.05) is 4.90 Å². The molecule has 0 aliphatic rings. The van der Waals surface area contributed by atoms with Crippen LogP contribution in [-0.4, -0.2) is 5.91 Å². The summed E-state index contributed by atoms with van der Waals surface area (Å²) in [5, 5.41) is 0. The lowest BCUT2D eigenvalue weighted by atomic mass is 10.1. The van der Waals surface area contributed by atoms with Gasteiger partial charge in [-0.05, 0) is 30.7 Å². The van der Waals surface area contributed by atoms with Crippen molar-refractivity contribution in [3.8, 4) is 0 Å². The highest BCUT2D eigenvalue weighted by atomic mass is 16.2. The lowest BCUT2D eigenvalue weighted by molar-refractivity contribution is -0.121. The van der Waals surface area contributed by atoms with E-state index in [1.165, 1.54) is 0 Å². The van der Waals surface area contributed by atoms with Crippen molar-refractivity contribution >= 4 is 17.3 Å². The molecular formula is C18H19NO. The van der Waals surface area contributed by atoms with Gasteiger partial charge in [-0.25, -0.2) is 0 Å². The van der Waals surface area contributed by atoms with Crippen LogP contribution >= 0.6 is 0 Å². The second kappa shape index (κ2) is 6.71. The molecule has 0 fully saturated rings. The van der Waals surface area contributed by atoms with Crippen molar-refractivity contribution in [2.24, 2.45) is 5.92 Å². The molecule has 0 heterocycles. The Morgan fingerprint density at radius 1 is 1.05 bits per heavy atom. The zero-order valence-electron chi connectivity index (χ0n) is 11.7. The first-order chi connectivity index (χ1) is 9.74. The summed E-state index contributed by atoms with van der Waals surface area (Å²) in [6, 6.07) is 19.5. The first-order valence-corrected chi connectivity index (χ1v) is 6.79. The zero-order chi connectivity index (χ0) is 14.4. The monoisotopic (exact) mass is 265 g/mol. The first kappa shape index (κ1) is 14.1. The van der Waals surface area contributed by atoms with Crippen molar-refractivity contribution < 1.29 is 4.79 Å². The summed E-state index contributed by atoms with van der Waals surface area (Å²) in [5.74, 6) is -0.00443. The van der Waals surface area contributed by atoms with Crippen LogP contribution in [0.25, 0.3) is 0 Å². The third-order valence-electron chi connectivity index (χ3n) is 3.19. The predicted molar refractivity (Wildman–Crippen MR) is 84.0 cm³/mol. The quantitative estimate of drug-likeness (QED) is 0.725. The molecule has 0 aliphatic carbocycles. The number of hydrogen-bond donors (Lipinski definition) is 0. The Bertz CT molecular complexity index is 523. The Morgan fingerprint density at radius 3 is 1.90 bits per heavy atom. The van der Waals surface area contributed by atoms with Crippen molar-refractivity contribution in [3.05, 3.63) is 73.3 Å². The van der Waals surface area contributed by atoms with E-state index in [0.717, 1.165) is 11.4 Å². The molecule has 0 aromatic heterocycles. The average Bonchev–Trinajstić information content (AvgIpc) is 2.50. The van der Waals surface area contributed by atoms with Crippen molar-refractivity contribution in [2.45, 2.75) is 13.3 Å². The van der Waals surface area contributed by atoms with Gasteiger partial charge in [0.2, 0.25) is 5.91 Å². The van der Waals surface area contributed by atoms with Crippen molar-refractivity contribution in [3.63, 3.8) is 0 Å². The molecule has 2 nitrogen and oxygen atoms in total. The Morgan fingerprint density at radius 2 is 1.50 bits per heavy atom. The minimum atomic E-state index is -0.0899. The number of nitrogens with zero attached hydrogens (tertiary/aromatic N) is 1. The van der Waals surface area contributed by atoms with Crippen LogP contribution in [0, 0.1) is 5.92 Å². The van der Waals surface area contributed by atoms with E-state index in [0.29, 0.717) is 6.42 Å². The third kappa shape index (κ3) is 3.15. The molecule has 1 atom stereocenters. The smallest absolute Gasteiger partial charge is 0.234 e. The van der Waals surface area contributed by atoms with Crippen LogP contribution in [0.15, 0.2) is 73.3 Å². The van der Waals surface area contributed by atoms with E-state index >= 15 is 0 Å². The molecule has 1 amide bonds. The van der Waals surface area contributed by atoms with E-state index in [4.69, 9.17) is 0 Å². The van der Waals surface area contributed by atoms with E-state index < -0.39 is 0 Å². The molecule has 0 N–H and O–H groups in total. The highest BCUT2D eigenvalue weighted by molar-refractivity contribution is 6.01. The van der Waals surface area contributed by atoms with E-state index in [9.17, 15) is 4.79 Å². The number of carbonyl (C=O) groups is 1. The average molecular weight is 265 g/mol.